The monoisotopic (exact) mass is 284 g/mol. The number of hydrogen-bond donors (Lipinski definition) is 0. The molecule has 1 unspecified atom stereocenters. The molecule has 5 nitrogen and oxygen atoms in total. The molecule has 0 N–H and O–H groups in total. The van der Waals surface area contributed by atoms with Gasteiger partial charge in [-0.15, -0.1) is 0 Å². The number of carbonyl (C=O) groups is 1. The van der Waals surface area contributed by atoms with Crippen molar-refractivity contribution in [1.29, 1.82) is 0 Å². The second-order valence-electron chi connectivity index (χ2n) is 4.06. The van der Waals surface area contributed by atoms with Crippen molar-refractivity contribution in [2.24, 2.45) is 11.0 Å². The van der Waals surface area contributed by atoms with Gasteiger partial charge in [0, 0.05) is 24.4 Å². The Kier molecular flexibility index (Phi) is 3.97. The maximum Gasteiger partial charge on any atom is 0.227 e. The standard InChI is InChI=1S/C11H10Cl2N4O/c12-8-2-1-3-9(13)11(8)17-6-7(4-10(17)18)5-15-16-14/h1-3,7H,4-6H2. The van der Waals surface area contributed by atoms with Crippen molar-refractivity contribution < 1.29 is 4.79 Å². The Labute approximate surface area is 114 Å². The van der Waals surface area contributed by atoms with Crippen LogP contribution in [0.5, 0.6) is 0 Å². The summed E-state index contributed by atoms with van der Waals surface area (Å²) >= 11 is 12.1. The maximum atomic E-state index is 11.9. The largest absolute Gasteiger partial charge is 0.309 e. The predicted molar refractivity (Wildman–Crippen MR) is 70.9 cm³/mol. The first kappa shape index (κ1) is 13.0. The summed E-state index contributed by atoms with van der Waals surface area (Å²) in [4.78, 5) is 16.2. The SMILES string of the molecule is [N-]=[N+]=NCC1CC(=O)N(c2c(Cl)cccc2Cl)C1. The lowest BCUT2D eigenvalue weighted by Gasteiger charge is -2.19. The topological polar surface area (TPSA) is 69.1 Å². The van der Waals surface area contributed by atoms with Crippen LogP contribution in [0.1, 0.15) is 6.42 Å². The minimum Gasteiger partial charge on any atom is -0.309 e. The molecule has 1 aliphatic heterocycles. The quantitative estimate of drug-likeness (QED) is 0.474. The van der Waals surface area contributed by atoms with E-state index in [-0.39, 0.29) is 11.8 Å². The third kappa shape index (κ3) is 2.53. The molecule has 0 saturated carbocycles. The van der Waals surface area contributed by atoms with Crippen LogP contribution in [-0.4, -0.2) is 19.0 Å². The lowest BCUT2D eigenvalue weighted by molar-refractivity contribution is -0.117. The van der Waals surface area contributed by atoms with Gasteiger partial charge in [-0.2, -0.15) is 0 Å². The highest BCUT2D eigenvalue weighted by atomic mass is 35.5. The molecule has 1 aliphatic rings. The number of benzene rings is 1. The van der Waals surface area contributed by atoms with Crippen molar-refractivity contribution >= 4 is 34.8 Å². The number of hydrogen-bond acceptors (Lipinski definition) is 2. The zero-order chi connectivity index (χ0) is 13.1. The Hall–Kier alpha value is -1.42. The van der Waals surface area contributed by atoms with Crippen LogP contribution in [0.15, 0.2) is 23.3 Å². The lowest BCUT2D eigenvalue weighted by Crippen LogP contribution is -2.25. The van der Waals surface area contributed by atoms with Crippen molar-refractivity contribution in [2.75, 3.05) is 18.0 Å². The van der Waals surface area contributed by atoms with Crippen LogP contribution in [-0.2, 0) is 4.79 Å². The number of rotatable bonds is 3. The molecule has 0 spiro atoms. The Balaban J connectivity index is 2.24. The molecule has 94 valence electrons. The van der Waals surface area contributed by atoms with Crippen LogP contribution in [0.25, 0.3) is 10.4 Å². The summed E-state index contributed by atoms with van der Waals surface area (Å²) in [6.45, 7) is 0.780. The Morgan fingerprint density at radius 1 is 1.44 bits per heavy atom. The van der Waals surface area contributed by atoms with E-state index in [0.29, 0.717) is 35.2 Å². The van der Waals surface area contributed by atoms with Crippen LogP contribution in [0, 0.1) is 5.92 Å². The van der Waals surface area contributed by atoms with E-state index in [0.717, 1.165) is 0 Å². The molecule has 1 atom stereocenters. The highest BCUT2D eigenvalue weighted by Crippen LogP contribution is 2.37. The van der Waals surface area contributed by atoms with Gasteiger partial charge in [-0.1, -0.05) is 34.4 Å². The zero-order valence-corrected chi connectivity index (χ0v) is 10.9. The number of para-hydroxylation sites is 1. The molecule has 1 heterocycles. The van der Waals surface area contributed by atoms with Gasteiger partial charge in [0.2, 0.25) is 5.91 Å². The normalized spacial score (nSPS) is 18.9. The Morgan fingerprint density at radius 2 is 2.11 bits per heavy atom. The number of nitrogens with zero attached hydrogens (tertiary/aromatic N) is 4. The molecular weight excluding hydrogens is 275 g/mol. The molecule has 0 bridgehead atoms. The van der Waals surface area contributed by atoms with Crippen molar-refractivity contribution in [3.8, 4) is 0 Å². The fourth-order valence-corrected chi connectivity index (χ4v) is 2.62. The van der Waals surface area contributed by atoms with Crippen LogP contribution in [0.2, 0.25) is 10.0 Å². The van der Waals surface area contributed by atoms with Gasteiger partial charge in [0.15, 0.2) is 0 Å². The summed E-state index contributed by atoms with van der Waals surface area (Å²) in [6, 6.07) is 5.11. The fourth-order valence-electron chi connectivity index (χ4n) is 2.02. The molecule has 2 rings (SSSR count). The van der Waals surface area contributed by atoms with Crippen molar-refractivity contribution in [3.05, 3.63) is 38.7 Å². The van der Waals surface area contributed by atoms with Gasteiger partial charge >= 0.3 is 0 Å². The van der Waals surface area contributed by atoms with E-state index in [1.54, 1.807) is 23.1 Å². The second-order valence-corrected chi connectivity index (χ2v) is 4.87. The van der Waals surface area contributed by atoms with Gasteiger partial charge in [-0.05, 0) is 23.6 Å². The van der Waals surface area contributed by atoms with Crippen LogP contribution < -0.4 is 4.90 Å². The van der Waals surface area contributed by atoms with Gasteiger partial charge in [0.25, 0.3) is 0 Å². The van der Waals surface area contributed by atoms with Gasteiger partial charge < -0.3 is 4.90 Å². The molecule has 1 aromatic carbocycles. The maximum absolute atomic E-state index is 11.9. The molecule has 18 heavy (non-hydrogen) atoms. The number of anilines is 1. The molecule has 0 aromatic heterocycles. The van der Waals surface area contributed by atoms with E-state index in [2.05, 4.69) is 10.0 Å². The summed E-state index contributed by atoms with van der Waals surface area (Å²) in [5, 5.41) is 4.39. The van der Waals surface area contributed by atoms with Gasteiger partial charge in [0.1, 0.15) is 0 Å². The first-order chi connectivity index (χ1) is 8.63. The summed E-state index contributed by atoms with van der Waals surface area (Å²) in [7, 11) is 0. The summed E-state index contributed by atoms with van der Waals surface area (Å²) in [5.41, 5.74) is 8.82. The van der Waals surface area contributed by atoms with Crippen LogP contribution in [0.3, 0.4) is 0 Å². The van der Waals surface area contributed by atoms with E-state index in [4.69, 9.17) is 28.7 Å². The van der Waals surface area contributed by atoms with Gasteiger partial charge in [-0.3, -0.25) is 4.79 Å². The van der Waals surface area contributed by atoms with Crippen molar-refractivity contribution in [1.82, 2.24) is 0 Å². The number of carbonyl (C=O) groups excluding carboxylic acids is 1. The summed E-state index contributed by atoms with van der Waals surface area (Å²) < 4.78 is 0. The minimum atomic E-state index is -0.0526. The number of halogens is 2. The average molecular weight is 285 g/mol. The minimum absolute atomic E-state index is 0.0146. The fraction of sp³-hybridized carbons (Fsp3) is 0.364. The average Bonchev–Trinajstić information content (AvgIpc) is 2.68. The number of azide groups is 1. The highest BCUT2D eigenvalue weighted by Gasteiger charge is 2.32. The summed E-state index contributed by atoms with van der Waals surface area (Å²) in [5.74, 6) is -0.0381. The molecule has 1 aromatic rings. The highest BCUT2D eigenvalue weighted by molar-refractivity contribution is 6.40. The van der Waals surface area contributed by atoms with E-state index in [9.17, 15) is 4.79 Å². The van der Waals surface area contributed by atoms with E-state index >= 15 is 0 Å². The van der Waals surface area contributed by atoms with Crippen LogP contribution in [0.4, 0.5) is 5.69 Å². The van der Waals surface area contributed by atoms with Gasteiger partial charge in [0.05, 0.1) is 15.7 Å². The van der Waals surface area contributed by atoms with E-state index in [1.165, 1.54) is 0 Å². The summed E-state index contributed by atoms with van der Waals surface area (Å²) in [6.07, 6.45) is 0.348. The lowest BCUT2D eigenvalue weighted by atomic mass is 10.1. The molecular formula is C11H10Cl2N4O. The third-order valence-corrected chi connectivity index (χ3v) is 3.43. The first-order valence-corrected chi connectivity index (χ1v) is 6.14. The molecule has 0 aliphatic carbocycles. The Bertz CT molecular complexity index is 508. The molecule has 7 heteroatoms. The first-order valence-electron chi connectivity index (χ1n) is 5.38. The van der Waals surface area contributed by atoms with E-state index in [1.807, 2.05) is 0 Å². The van der Waals surface area contributed by atoms with Crippen molar-refractivity contribution in [2.45, 2.75) is 6.42 Å². The van der Waals surface area contributed by atoms with Crippen molar-refractivity contribution in [3.63, 3.8) is 0 Å². The number of amides is 1. The molecule has 1 saturated heterocycles. The third-order valence-electron chi connectivity index (χ3n) is 2.82. The molecule has 1 fully saturated rings. The van der Waals surface area contributed by atoms with E-state index < -0.39 is 0 Å². The predicted octanol–water partition coefficient (Wildman–Crippen LogP) is 3.66. The smallest absolute Gasteiger partial charge is 0.227 e. The molecule has 0 radical (unpaired) electrons. The Morgan fingerprint density at radius 3 is 2.72 bits per heavy atom. The molecule has 1 amide bonds. The second kappa shape index (κ2) is 5.48. The van der Waals surface area contributed by atoms with Crippen LogP contribution >= 0.6 is 23.2 Å². The zero-order valence-electron chi connectivity index (χ0n) is 9.38. The van der Waals surface area contributed by atoms with Gasteiger partial charge in [-0.25, -0.2) is 0 Å².